The van der Waals surface area contributed by atoms with E-state index in [4.69, 9.17) is 5.73 Å². The number of H-pyrrole nitrogens is 1. The van der Waals surface area contributed by atoms with E-state index in [1.807, 2.05) is 0 Å². The Morgan fingerprint density at radius 2 is 2.00 bits per heavy atom. The number of aromatic nitrogens is 2. The maximum Gasteiger partial charge on any atom is 0.260 e. The summed E-state index contributed by atoms with van der Waals surface area (Å²) in [6.45, 7) is 2.75. The Bertz CT molecular complexity index is 533. The molecule has 1 saturated carbocycles. The monoisotopic (exact) mass is 314 g/mol. The predicted octanol–water partition coefficient (Wildman–Crippen LogP) is 1.78. The summed E-state index contributed by atoms with van der Waals surface area (Å²) in [6, 6.07) is 0.0904. The number of hydrogen-bond donors (Lipinski definition) is 2. The molecule has 120 valence electrons. The van der Waals surface area contributed by atoms with E-state index in [2.05, 4.69) is 9.97 Å². The fourth-order valence-electron chi connectivity index (χ4n) is 2.95. The number of hydrogen-bond acceptors (Lipinski definition) is 4. The number of aromatic amines is 1. The van der Waals surface area contributed by atoms with Crippen molar-refractivity contribution in [2.75, 3.05) is 13.1 Å². The Morgan fingerprint density at radius 3 is 2.52 bits per heavy atom. The van der Waals surface area contributed by atoms with Crippen molar-refractivity contribution in [1.29, 1.82) is 0 Å². The minimum Gasteiger partial charge on any atom is -0.332 e. The Hall–Kier alpha value is -0.920. The third kappa shape index (κ3) is 4.05. The van der Waals surface area contributed by atoms with Crippen LogP contribution >= 0.6 is 0 Å². The minimum absolute atomic E-state index is 0.0904. The van der Waals surface area contributed by atoms with E-state index in [9.17, 15) is 8.42 Å². The Balaban J connectivity index is 2.25. The molecule has 0 bridgehead atoms. The topological polar surface area (TPSA) is 92.1 Å². The molecule has 7 heteroatoms. The molecule has 0 atom stereocenters. The van der Waals surface area contributed by atoms with Crippen molar-refractivity contribution in [2.24, 2.45) is 5.73 Å². The largest absolute Gasteiger partial charge is 0.332 e. The predicted molar refractivity (Wildman–Crippen MR) is 82.4 cm³/mol. The van der Waals surface area contributed by atoms with Gasteiger partial charge in [-0.2, -0.15) is 4.31 Å². The zero-order valence-corrected chi connectivity index (χ0v) is 13.5. The van der Waals surface area contributed by atoms with Gasteiger partial charge in [-0.25, -0.2) is 13.4 Å². The van der Waals surface area contributed by atoms with E-state index in [0.29, 0.717) is 25.3 Å². The zero-order valence-electron chi connectivity index (χ0n) is 12.7. The maximum atomic E-state index is 12.9. The van der Waals surface area contributed by atoms with Crippen LogP contribution < -0.4 is 5.73 Å². The SMILES string of the molecule is Cc1ncc(S(=O)(=O)N(CCCN)C2CCCCCC2)[nH]1. The molecule has 1 heterocycles. The fourth-order valence-corrected chi connectivity index (χ4v) is 4.64. The van der Waals surface area contributed by atoms with Crippen LogP contribution in [-0.2, 0) is 10.0 Å². The molecule has 6 nitrogen and oxygen atoms in total. The first kappa shape index (κ1) is 16.5. The van der Waals surface area contributed by atoms with Gasteiger partial charge in [0.1, 0.15) is 5.82 Å². The number of rotatable bonds is 6. The zero-order chi connectivity index (χ0) is 15.3. The standard InChI is InChI=1S/C14H26N4O2S/c1-12-16-11-14(17-12)21(19,20)18(10-6-9-15)13-7-4-2-3-5-8-13/h11,13H,2-10,15H2,1H3,(H,16,17). The van der Waals surface area contributed by atoms with Gasteiger partial charge in [-0.05, 0) is 32.7 Å². The van der Waals surface area contributed by atoms with Crippen LogP contribution in [0.3, 0.4) is 0 Å². The van der Waals surface area contributed by atoms with Crippen LogP contribution in [0.2, 0.25) is 0 Å². The van der Waals surface area contributed by atoms with Crippen molar-refractivity contribution >= 4 is 10.0 Å². The van der Waals surface area contributed by atoms with E-state index in [1.54, 1.807) is 11.2 Å². The highest BCUT2D eigenvalue weighted by molar-refractivity contribution is 7.89. The summed E-state index contributed by atoms with van der Waals surface area (Å²) in [4.78, 5) is 6.88. The van der Waals surface area contributed by atoms with Gasteiger partial charge in [0.25, 0.3) is 10.0 Å². The van der Waals surface area contributed by atoms with E-state index in [-0.39, 0.29) is 11.1 Å². The molecule has 1 fully saturated rings. The van der Waals surface area contributed by atoms with Crippen LogP contribution in [0.1, 0.15) is 50.8 Å². The van der Waals surface area contributed by atoms with Crippen molar-refractivity contribution in [3.63, 3.8) is 0 Å². The highest BCUT2D eigenvalue weighted by Crippen LogP contribution is 2.26. The number of imidazole rings is 1. The van der Waals surface area contributed by atoms with E-state index >= 15 is 0 Å². The molecule has 0 radical (unpaired) electrons. The second kappa shape index (κ2) is 7.38. The molecule has 1 aromatic rings. The summed E-state index contributed by atoms with van der Waals surface area (Å²) in [7, 11) is -3.51. The first-order valence-electron chi connectivity index (χ1n) is 7.79. The lowest BCUT2D eigenvalue weighted by molar-refractivity contribution is 0.290. The molecule has 0 spiro atoms. The second-order valence-corrected chi connectivity index (χ2v) is 7.60. The Labute approximate surface area is 127 Å². The lowest BCUT2D eigenvalue weighted by Crippen LogP contribution is -2.41. The van der Waals surface area contributed by atoms with Gasteiger partial charge < -0.3 is 10.7 Å². The lowest BCUT2D eigenvalue weighted by Gasteiger charge is -2.29. The highest BCUT2D eigenvalue weighted by Gasteiger charge is 2.32. The van der Waals surface area contributed by atoms with Crippen molar-refractivity contribution in [1.82, 2.24) is 14.3 Å². The van der Waals surface area contributed by atoms with Crippen LogP contribution in [0.4, 0.5) is 0 Å². The van der Waals surface area contributed by atoms with Crippen LogP contribution in [-0.4, -0.2) is 41.8 Å². The molecule has 2 rings (SSSR count). The molecule has 0 aliphatic heterocycles. The summed E-state index contributed by atoms with van der Waals surface area (Å²) in [5.74, 6) is 0.619. The molecule has 0 unspecified atom stereocenters. The summed E-state index contributed by atoms with van der Waals surface area (Å²) < 4.78 is 27.4. The number of nitrogens with two attached hydrogens (primary N) is 1. The first-order valence-corrected chi connectivity index (χ1v) is 9.23. The maximum absolute atomic E-state index is 12.9. The van der Waals surface area contributed by atoms with Gasteiger partial charge in [-0.3, -0.25) is 0 Å². The molecule has 0 saturated heterocycles. The number of aryl methyl sites for hydroxylation is 1. The number of nitrogens with zero attached hydrogens (tertiary/aromatic N) is 2. The van der Waals surface area contributed by atoms with Crippen molar-refractivity contribution < 1.29 is 8.42 Å². The van der Waals surface area contributed by atoms with Gasteiger partial charge in [-0.15, -0.1) is 0 Å². The number of nitrogens with one attached hydrogen (secondary N) is 1. The molecule has 1 aromatic heterocycles. The van der Waals surface area contributed by atoms with Gasteiger partial charge in [0.15, 0.2) is 5.03 Å². The van der Waals surface area contributed by atoms with E-state index in [0.717, 1.165) is 25.7 Å². The van der Waals surface area contributed by atoms with Crippen LogP contribution in [0.15, 0.2) is 11.2 Å². The summed E-state index contributed by atoms with van der Waals surface area (Å²) in [5.41, 5.74) is 5.58. The lowest BCUT2D eigenvalue weighted by atomic mass is 10.1. The van der Waals surface area contributed by atoms with E-state index in [1.165, 1.54) is 19.0 Å². The van der Waals surface area contributed by atoms with E-state index < -0.39 is 10.0 Å². The van der Waals surface area contributed by atoms with Crippen LogP contribution in [0, 0.1) is 6.92 Å². The first-order chi connectivity index (χ1) is 10.1. The molecule has 21 heavy (non-hydrogen) atoms. The van der Waals surface area contributed by atoms with Gasteiger partial charge >= 0.3 is 0 Å². The van der Waals surface area contributed by atoms with Crippen molar-refractivity contribution in [3.8, 4) is 0 Å². The third-order valence-electron chi connectivity index (χ3n) is 4.08. The summed E-state index contributed by atoms with van der Waals surface area (Å²) in [6.07, 6.45) is 8.57. The Morgan fingerprint density at radius 1 is 1.33 bits per heavy atom. The third-order valence-corrected chi connectivity index (χ3v) is 5.94. The van der Waals surface area contributed by atoms with Gasteiger partial charge in [0, 0.05) is 12.6 Å². The molecule has 3 N–H and O–H groups in total. The van der Waals surface area contributed by atoms with Crippen LogP contribution in [0.5, 0.6) is 0 Å². The smallest absolute Gasteiger partial charge is 0.260 e. The fraction of sp³-hybridized carbons (Fsp3) is 0.786. The van der Waals surface area contributed by atoms with Gasteiger partial charge in [0.2, 0.25) is 0 Å². The molecule has 1 aliphatic rings. The van der Waals surface area contributed by atoms with Gasteiger partial charge in [-0.1, -0.05) is 25.7 Å². The minimum atomic E-state index is -3.51. The quantitative estimate of drug-likeness (QED) is 0.783. The molecule has 0 aromatic carbocycles. The highest BCUT2D eigenvalue weighted by atomic mass is 32.2. The summed E-state index contributed by atoms with van der Waals surface area (Å²) in [5, 5.41) is 0.196. The molecule has 0 amide bonds. The number of sulfonamides is 1. The van der Waals surface area contributed by atoms with Crippen LogP contribution in [0.25, 0.3) is 0 Å². The average molecular weight is 314 g/mol. The second-order valence-electron chi connectivity index (χ2n) is 5.74. The molecule has 1 aliphatic carbocycles. The molecular weight excluding hydrogens is 288 g/mol. The Kier molecular flexibility index (Phi) is 5.78. The van der Waals surface area contributed by atoms with Crippen molar-refractivity contribution in [2.45, 2.75) is 62.9 Å². The average Bonchev–Trinajstić information content (AvgIpc) is 2.73. The molecular formula is C14H26N4O2S. The summed E-state index contributed by atoms with van der Waals surface area (Å²) >= 11 is 0. The van der Waals surface area contributed by atoms with Crippen molar-refractivity contribution in [3.05, 3.63) is 12.0 Å². The van der Waals surface area contributed by atoms with Gasteiger partial charge in [0.05, 0.1) is 6.20 Å². The normalized spacial score (nSPS) is 18.0.